The van der Waals surface area contributed by atoms with Crippen LogP contribution in [0.25, 0.3) is 0 Å². The summed E-state index contributed by atoms with van der Waals surface area (Å²) in [6.45, 7) is 0.456. The number of anilines is 2. The van der Waals surface area contributed by atoms with Gasteiger partial charge in [0.25, 0.3) is 0 Å². The highest BCUT2D eigenvalue weighted by atomic mass is 32.1. The topological polar surface area (TPSA) is 55.0 Å². The van der Waals surface area contributed by atoms with Crippen molar-refractivity contribution < 1.29 is 13.2 Å². The predicted molar refractivity (Wildman–Crippen MR) is 67.9 cm³/mol. The Morgan fingerprint density at radius 3 is 2.68 bits per heavy atom. The van der Waals surface area contributed by atoms with Crippen molar-refractivity contribution in [2.24, 2.45) is 0 Å². The Morgan fingerprint density at radius 2 is 2.11 bits per heavy atom. The molecule has 0 aliphatic heterocycles. The Balaban J connectivity index is 2.26. The maximum Gasteiger partial charge on any atom is 0.451 e. The minimum Gasteiger partial charge on any atom is -0.384 e. The van der Waals surface area contributed by atoms with Gasteiger partial charge in [0.2, 0.25) is 5.82 Å². The van der Waals surface area contributed by atoms with E-state index >= 15 is 0 Å². The molecular formula is C11H11F3N4S. The summed E-state index contributed by atoms with van der Waals surface area (Å²) >= 11 is 1.52. The van der Waals surface area contributed by atoms with Gasteiger partial charge in [-0.1, -0.05) is 0 Å². The van der Waals surface area contributed by atoms with Crippen LogP contribution in [0.15, 0.2) is 22.9 Å². The lowest BCUT2D eigenvalue weighted by Crippen LogP contribution is -2.21. The second-order valence-corrected chi connectivity index (χ2v) is 4.74. The number of aromatic nitrogens is 2. The highest BCUT2D eigenvalue weighted by molar-refractivity contribution is 7.07. The monoisotopic (exact) mass is 288 g/mol. The van der Waals surface area contributed by atoms with Crippen LogP contribution in [0.5, 0.6) is 0 Å². The fraction of sp³-hybridized carbons (Fsp3) is 0.273. The first-order valence-corrected chi connectivity index (χ1v) is 6.24. The molecule has 2 aromatic rings. The highest BCUT2D eigenvalue weighted by Crippen LogP contribution is 2.28. The zero-order valence-electron chi connectivity index (χ0n) is 9.98. The lowest BCUT2D eigenvalue weighted by molar-refractivity contribution is -0.144. The largest absolute Gasteiger partial charge is 0.451 e. The lowest BCUT2D eigenvalue weighted by Gasteiger charge is -2.18. The molecule has 0 aromatic carbocycles. The van der Waals surface area contributed by atoms with Gasteiger partial charge >= 0.3 is 6.18 Å². The molecule has 0 aliphatic carbocycles. The Morgan fingerprint density at radius 1 is 1.37 bits per heavy atom. The molecule has 2 aromatic heterocycles. The van der Waals surface area contributed by atoms with Gasteiger partial charge in [0.1, 0.15) is 11.6 Å². The molecule has 8 heteroatoms. The number of nitrogens with two attached hydrogens (primary N) is 1. The Hall–Kier alpha value is -1.83. The molecule has 0 unspecified atom stereocenters. The second kappa shape index (κ2) is 5.04. The van der Waals surface area contributed by atoms with Crippen LogP contribution in [0, 0.1) is 0 Å². The van der Waals surface area contributed by atoms with Gasteiger partial charge in [-0.25, -0.2) is 9.97 Å². The fourth-order valence-corrected chi connectivity index (χ4v) is 2.17. The van der Waals surface area contributed by atoms with Crippen LogP contribution >= 0.6 is 11.3 Å². The molecule has 0 fully saturated rings. The first-order chi connectivity index (χ1) is 8.86. The summed E-state index contributed by atoms with van der Waals surface area (Å²) in [5, 5.41) is 3.82. The molecule has 0 aliphatic rings. The van der Waals surface area contributed by atoms with Crippen molar-refractivity contribution in [3.05, 3.63) is 34.3 Å². The standard InChI is InChI=1S/C11H11F3N4S/c1-18(5-7-2-3-19-6-7)9-4-8(15)16-10(17-9)11(12,13)14/h2-4,6H,5H2,1H3,(H2,15,16,17). The van der Waals surface area contributed by atoms with E-state index in [0.717, 1.165) is 5.56 Å². The summed E-state index contributed by atoms with van der Waals surface area (Å²) in [6.07, 6.45) is -4.60. The van der Waals surface area contributed by atoms with Gasteiger partial charge < -0.3 is 10.6 Å². The predicted octanol–water partition coefficient (Wildman–Crippen LogP) is 2.78. The Bertz CT molecular complexity index is 554. The SMILES string of the molecule is CN(Cc1ccsc1)c1cc(N)nc(C(F)(F)F)n1. The van der Waals surface area contributed by atoms with Crippen LogP contribution in [0.3, 0.4) is 0 Å². The van der Waals surface area contributed by atoms with Crippen LogP contribution in [0.1, 0.15) is 11.4 Å². The van der Waals surface area contributed by atoms with Gasteiger partial charge in [-0.15, -0.1) is 0 Å². The molecule has 0 saturated carbocycles. The molecule has 0 atom stereocenters. The number of halogens is 3. The summed E-state index contributed by atoms with van der Waals surface area (Å²) in [5.41, 5.74) is 6.39. The van der Waals surface area contributed by atoms with E-state index in [4.69, 9.17) is 5.73 Å². The lowest BCUT2D eigenvalue weighted by atomic mass is 10.3. The number of hydrogen-bond acceptors (Lipinski definition) is 5. The van der Waals surface area contributed by atoms with Gasteiger partial charge in [-0.2, -0.15) is 24.5 Å². The third kappa shape index (κ3) is 3.34. The van der Waals surface area contributed by atoms with E-state index in [9.17, 15) is 13.2 Å². The van der Waals surface area contributed by atoms with Crippen molar-refractivity contribution in [1.82, 2.24) is 9.97 Å². The average Bonchev–Trinajstić information content (AvgIpc) is 2.79. The van der Waals surface area contributed by atoms with Crippen LogP contribution < -0.4 is 10.6 Å². The van der Waals surface area contributed by atoms with E-state index in [-0.39, 0.29) is 11.6 Å². The second-order valence-electron chi connectivity index (χ2n) is 3.96. The van der Waals surface area contributed by atoms with Crippen molar-refractivity contribution in [3.63, 3.8) is 0 Å². The molecule has 4 nitrogen and oxygen atoms in total. The fourth-order valence-electron chi connectivity index (χ4n) is 1.51. The number of nitrogens with zero attached hydrogens (tertiary/aromatic N) is 3. The first-order valence-electron chi connectivity index (χ1n) is 5.30. The quantitative estimate of drug-likeness (QED) is 0.943. The molecule has 0 bridgehead atoms. The minimum atomic E-state index is -4.60. The maximum absolute atomic E-state index is 12.6. The normalized spacial score (nSPS) is 11.6. The van der Waals surface area contributed by atoms with Gasteiger partial charge in [0.15, 0.2) is 0 Å². The zero-order valence-corrected chi connectivity index (χ0v) is 10.8. The molecule has 0 spiro atoms. The maximum atomic E-state index is 12.6. The summed E-state index contributed by atoms with van der Waals surface area (Å²) < 4.78 is 37.8. The molecule has 2 heterocycles. The van der Waals surface area contributed by atoms with Crippen molar-refractivity contribution in [2.45, 2.75) is 12.7 Å². The van der Waals surface area contributed by atoms with Crippen LogP contribution in [-0.2, 0) is 12.7 Å². The van der Waals surface area contributed by atoms with Gasteiger partial charge in [-0.3, -0.25) is 0 Å². The molecule has 19 heavy (non-hydrogen) atoms. The molecule has 0 saturated heterocycles. The van der Waals surface area contributed by atoms with Crippen molar-refractivity contribution in [2.75, 3.05) is 17.7 Å². The highest BCUT2D eigenvalue weighted by Gasteiger charge is 2.35. The first kappa shape index (κ1) is 13.6. The van der Waals surface area contributed by atoms with Crippen LogP contribution in [0.4, 0.5) is 24.8 Å². The number of nitrogen functional groups attached to an aromatic ring is 1. The number of thiophene rings is 1. The molecular weight excluding hydrogens is 277 g/mol. The van der Waals surface area contributed by atoms with Gasteiger partial charge in [0, 0.05) is 19.7 Å². The van der Waals surface area contributed by atoms with E-state index in [1.807, 2.05) is 16.8 Å². The van der Waals surface area contributed by atoms with Crippen LogP contribution in [-0.4, -0.2) is 17.0 Å². The summed E-state index contributed by atoms with van der Waals surface area (Å²) in [4.78, 5) is 8.29. The van der Waals surface area contributed by atoms with E-state index in [1.165, 1.54) is 17.4 Å². The van der Waals surface area contributed by atoms with Crippen molar-refractivity contribution in [1.29, 1.82) is 0 Å². The molecule has 102 valence electrons. The number of alkyl halides is 3. The van der Waals surface area contributed by atoms with Gasteiger partial charge in [0.05, 0.1) is 0 Å². The van der Waals surface area contributed by atoms with E-state index in [2.05, 4.69) is 9.97 Å². The molecule has 0 amide bonds. The van der Waals surface area contributed by atoms with Gasteiger partial charge in [-0.05, 0) is 22.4 Å². The van der Waals surface area contributed by atoms with Crippen LogP contribution in [0.2, 0.25) is 0 Å². The van der Waals surface area contributed by atoms with E-state index in [0.29, 0.717) is 6.54 Å². The van der Waals surface area contributed by atoms with E-state index in [1.54, 1.807) is 11.9 Å². The third-order valence-corrected chi connectivity index (χ3v) is 3.11. The Kier molecular flexibility index (Phi) is 3.61. The van der Waals surface area contributed by atoms with Crippen molar-refractivity contribution in [3.8, 4) is 0 Å². The number of hydrogen-bond donors (Lipinski definition) is 1. The summed E-state index contributed by atoms with van der Waals surface area (Å²) in [6, 6.07) is 3.22. The molecule has 0 radical (unpaired) electrons. The zero-order chi connectivity index (χ0) is 14.0. The smallest absolute Gasteiger partial charge is 0.384 e. The summed E-state index contributed by atoms with van der Waals surface area (Å²) in [5.74, 6) is -1.28. The Labute approximate surface area is 111 Å². The molecule has 2 N–H and O–H groups in total. The summed E-state index contributed by atoms with van der Waals surface area (Å²) in [7, 11) is 1.65. The van der Waals surface area contributed by atoms with Crippen molar-refractivity contribution >= 4 is 23.0 Å². The van der Waals surface area contributed by atoms with E-state index < -0.39 is 12.0 Å². The average molecular weight is 288 g/mol. The molecule has 2 rings (SSSR count). The minimum absolute atomic E-state index is 0.144. The third-order valence-electron chi connectivity index (χ3n) is 2.38. The number of rotatable bonds is 3.